The molecular weight excluding hydrogens is 392 g/mol. The first-order valence-corrected chi connectivity index (χ1v) is 10.9. The molecule has 2 atom stereocenters. The molecule has 29 heavy (non-hydrogen) atoms. The van der Waals surface area contributed by atoms with Gasteiger partial charge in [-0.3, -0.25) is 9.59 Å². The number of esters is 1. The van der Waals surface area contributed by atoms with Gasteiger partial charge in [-0.05, 0) is 30.5 Å². The monoisotopic (exact) mass is 416 g/mol. The molecule has 1 aliphatic heterocycles. The van der Waals surface area contributed by atoms with Gasteiger partial charge in [0.25, 0.3) is 0 Å². The smallest absolute Gasteiger partial charge is 0.307 e. The number of ether oxygens (including phenoxy) is 1. The quantitative estimate of drug-likeness (QED) is 0.699. The van der Waals surface area contributed by atoms with Crippen LogP contribution in [-0.2, 0) is 24.3 Å². The first-order valence-electron chi connectivity index (χ1n) is 9.42. The molecule has 0 bridgehead atoms. The molecule has 154 valence electrons. The van der Waals surface area contributed by atoms with E-state index in [4.69, 9.17) is 4.74 Å². The Morgan fingerprint density at radius 3 is 2.34 bits per heavy atom. The molecule has 0 aliphatic carbocycles. The Balaban J connectivity index is 1.81. The van der Waals surface area contributed by atoms with Gasteiger partial charge < -0.3 is 10.1 Å². The number of rotatable bonds is 7. The fourth-order valence-electron chi connectivity index (χ4n) is 3.47. The van der Waals surface area contributed by atoms with E-state index in [-0.39, 0.29) is 17.9 Å². The molecule has 7 nitrogen and oxygen atoms in total. The molecule has 1 saturated heterocycles. The Hall–Kier alpha value is -2.71. The van der Waals surface area contributed by atoms with E-state index >= 15 is 0 Å². The third-order valence-electron chi connectivity index (χ3n) is 4.97. The molecule has 2 aromatic carbocycles. The Labute approximate surface area is 170 Å². The van der Waals surface area contributed by atoms with Gasteiger partial charge in [-0.15, -0.1) is 0 Å². The molecule has 0 saturated carbocycles. The van der Waals surface area contributed by atoms with Crippen LogP contribution in [0.3, 0.4) is 0 Å². The van der Waals surface area contributed by atoms with E-state index in [0.717, 1.165) is 5.56 Å². The van der Waals surface area contributed by atoms with E-state index < -0.39 is 34.0 Å². The first kappa shape index (κ1) is 21.0. The molecule has 0 aromatic heterocycles. The van der Waals surface area contributed by atoms with Crippen LogP contribution >= 0.6 is 0 Å². The zero-order valence-corrected chi connectivity index (χ0v) is 17.0. The Morgan fingerprint density at radius 2 is 1.72 bits per heavy atom. The minimum absolute atomic E-state index is 0.0373. The van der Waals surface area contributed by atoms with Gasteiger partial charge in [0.2, 0.25) is 15.9 Å². The predicted molar refractivity (Wildman–Crippen MR) is 107 cm³/mol. The second kappa shape index (κ2) is 9.19. The van der Waals surface area contributed by atoms with Gasteiger partial charge in [-0.25, -0.2) is 8.42 Å². The van der Waals surface area contributed by atoms with E-state index in [2.05, 4.69) is 5.32 Å². The largest absolute Gasteiger partial charge is 0.469 e. The zero-order valence-electron chi connectivity index (χ0n) is 16.2. The van der Waals surface area contributed by atoms with Gasteiger partial charge in [0.1, 0.15) is 6.04 Å². The summed E-state index contributed by atoms with van der Waals surface area (Å²) in [6, 6.07) is 15.8. The standard InChI is InChI=1S/C21H24N2O5S/c1-28-20(24)15-18(16-9-4-2-5-10-16)22-21(25)19-13-8-14-23(19)29(26,27)17-11-6-3-7-12-17/h2-7,9-12,18-19H,8,13-15H2,1H3,(H,22,25)/t18-,19-/m0/s1. The molecule has 1 fully saturated rings. The minimum atomic E-state index is -3.78. The Kier molecular flexibility index (Phi) is 6.66. The zero-order chi connectivity index (χ0) is 20.9. The Bertz CT molecular complexity index is 948. The molecule has 1 aliphatic rings. The van der Waals surface area contributed by atoms with Crippen molar-refractivity contribution in [2.45, 2.75) is 36.2 Å². The van der Waals surface area contributed by atoms with E-state index in [1.165, 1.54) is 23.5 Å². The van der Waals surface area contributed by atoms with Crippen LogP contribution in [0.5, 0.6) is 0 Å². The number of amides is 1. The van der Waals surface area contributed by atoms with Crippen LogP contribution in [0, 0.1) is 0 Å². The summed E-state index contributed by atoms with van der Waals surface area (Å²) in [6.07, 6.45) is 0.985. The van der Waals surface area contributed by atoms with Gasteiger partial charge in [0, 0.05) is 6.54 Å². The summed E-state index contributed by atoms with van der Waals surface area (Å²) in [5.74, 6) is -0.876. The maximum absolute atomic E-state index is 13.0. The average molecular weight is 416 g/mol. The van der Waals surface area contributed by atoms with Crippen molar-refractivity contribution in [1.82, 2.24) is 9.62 Å². The van der Waals surface area contributed by atoms with Crippen molar-refractivity contribution in [1.29, 1.82) is 0 Å². The highest BCUT2D eigenvalue weighted by Crippen LogP contribution is 2.27. The molecule has 0 unspecified atom stereocenters. The van der Waals surface area contributed by atoms with Gasteiger partial charge in [0.05, 0.1) is 24.5 Å². The minimum Gasteiger partial charge on any atom is -0.469 e. The second-order valence-electron chi connectivity index (χ2n) is 6.84. The average Bonchev–Trinajstić information content (AvgIpc) is 3.25. The number of carbonyl (C=O) groups is 2. The summed E-state index contributed by atoms with van der Waals surface area (Å²) in [5.41, 5.74) is 0.752. The number of benzene rings is 2. The highest BCUT2D eigenvalue weighted by atomic mass is 32.2. The number of sulfonamides is 1. The van der Waals surface area contributed by atoms with Crippen molar-refractivity contribution in [2.75, 3.05) is 13.7 Å². The maximum Gasteiger partial charge on any atom is 0.307 e. The van der Waals surface area contributed by atoms with Crippen molar-refractivity contribution in [3.63, 3.8) is 0 Å². The van der Waals surface area contributed by atoms with Crippen molar-refractivity contribution in [3.8, 4) is 0 Å². The van der Waals surface area contributed by atoms with E-state index in [1.54, 1.807) is 30.3 Å². The van der Waals surface area contributed by atoms with E-state index in [0.29, 0.717) is 12.8 Å². The van der Waals surface area contributed by atoms with E-state index in [1.807, 2.05) is 18.2 Å². The van der Waals surface area contributed by atoms with Gasteiger partial charge >= 0.3 is 5.97 Å². The molecule has 3 rings (SSSR count). The van der Waals surface area contributed by atoms with Crippen LogP contribution in [0.25, 0.3) is 0 Å². The number of nitrogens with zero attached hydrogens (tertiary/aromatic N) is 1. The van der Waals surface area contributed by atoms with Crippen molar-refractivity contribution >= 4 is 21.9 Å². The van der Waals surface area contributed by atoms with Gasteiger partial charge in [-0.2, -0.15) is 4.31 Å². The van der Waals surface area contributed by atoms with Crippen LogP contribution < -0.4 is 5.32 Å². The van der Waals surface area contributed by atoms with Crippen LogP contribution in [0.2, 0.25) is 0 Å². The molecule has 8 heteroatoms. The van der Waals surface area contributed by atoms with Crippen molar-refractivity contribution in [2.24, 2.45) is 0 Å². The fraction of sp³-hybridized carbons (Fsp3) is 0.333. The molecule has 2 aromatic rings. The fourth-order valence-corrected chi connectivity index (χ4v) is 5.15. The first-order chi connectivity index (χ1) is 13.9. The van der Waals surface area contributed by atoms with E-state index in [9.17, 15) is 18.0 Å². The molecule has 0 radical (unpaired) electrons. The van der Waals surface area contributed by atoms with Crippen LogP contribution in [0.15, 0.2) is 65.6 Å². The highest BCUT2D eigenvalue weighted by Gasteiger charge is 2.40. The molecule has 1 amide bonds. The lowest BCUT2D eigenvalue weighted by molar-refractivity contribution is -0.141. The summed E-state index contributed by atoms with van der Waals surface area (Å²) in [5, 5.41) is 2.85. The normalized spacial score (nSPS) is 18.2. The van der Waals surface area contributed by atoms with Crippen molar-refractivity contribution < 1.29 is 22.7 Å². The number of nitrogens with one attached hydrogen (secondary N) is 1. The molecular formula is C21H24N2O5S. The number of methoxy groups -OCH3 is 1. The molecule has 1 heterocycles. The summed E-state index contributed by atoms with van der Waals surface area (Å²) < 4.78 is 32.0. The number of hydrogen-bond acceptors (Lipinski definition) is 5. The summed E-state index contributed by atoms with van der Waals surface area (Å²) in [7, 11) is -2.49. The van der Waals surface area contributed by atoms with Crippen molar-refractivity contribution in [3.05, 3.63) is 66.2 Å². The summed E-state index contributed by atoms with van der Waals surface area (Å²) >= 11 is 0. The topological polar surface area (TPSA) is 92.8 Å². The molecule has 1 N–H and O–H groups in total. The maximum atomic E-state index is 13.0. The highest BCUT2D eigenvalue weighted by molar-refractivity contribution is 7.89. The number of carbonyl (C=O) groups excluding carboxylic acids is 2. The Morgan fingerprint density at radius 1 is 1.10 bits per heavy atom. The SMILES string of the molecule is COC(=O)C[C@H](NC(=O)[C@@H]1CCCN1S(=O)(=O)c1ccccc1)c1ccccc1. The second-order valence-corrected chi connectivity index (χ2v) is 8.73. The third-order valence-corrected chi connectivity index (χ3v) is 6.90. The predicted octanol–water partition coefficient (Wildman–Crippen LogP) is 2.26. The van der Waals surface area contributed by atoms with Gasteiger partial charge in [0.15, 0.2) is 0 Å². The lowest BCUT2D eigenvalue weighted by atomic mass is 10.0. The lowest BCUT2D eigenvalue weighted by Gasteiger charge is -2.26. The van der Waals surface area contributed by atoms with Gasteiger partial charge in [-0.1, -0.05) is 48.5 Å². The van der Waals surface area contributed by atoms with Crippen LogP contribution in [0.4, 0.5) is 0 Å². The van der Waals surface area contributed by atoms with Crippen LogP contribution in [0.1, 0.15) is 30.9 Å². The number of hydrogen-bond donors (Lipinski definition) is 1. The third kappa shape index (κ3) is 4.83. The summed E-state index contributed by atoms with van der Waals surface area (Å²) in [4.78, 5) is 25.0. The summed E-state index contributed by atoms with van der Waals surface area (Å²) in [6.45, 7) is 0.280. The molecule has 0 spiro atoms. The lowest BCUT2D eigenvalue weighted by Crippen LogP contribution is -2.47. The van der Waals surface area contributed by atoms with Crippen LogP contribution in [-0.4, -0.2) is 44.3 Å².